The number of carbonyl (C=O) groups excluding carboxylic acids is 1. The average Bonchev–Trinajstić information content (AvgIpc) is 2.36. The Morgan fingerprint density at radius 1 is 1.28 bits per heavy atom. The second-order valence-electron chi connectivity index (χ2n) is 4.99. The standard InChI is InChI=1S/C13H24N2O3/c1-3-5-13(6-8-14-9-7-13)12(18)15(4-2)10-11(16)17/h14H,3-10H2,1-2H3,(H,16,17). The van der Waals surface area contributed by atoms with Crippen LogP contribution in [0.15, 0.2) is 0 Å². The van der Waals surface area contributed by atoms with Gasteiger partial charge in [-0.2, -0.15) is 0 Å². The number of likely N-dealkylation sites (N-methyl/N-ethyl adjacent to an activating group) is 1. The molecule has 1 heterocycles. The van der Waals surface area contributed by atoms with E-state index in [9.17, 15) is 9.59 Å². The molecule has 0 atom stereocenters. The van der Waals surface area contributed by atoms with Crippen molar-refractivity contribution in [2.24, 2.45) is 5.41 Å². The minimum atomic E-state index is -0.939. The first kappa shape index (κ1) is 15.0. The summed E-state index contributed by atoms with van der Waals surface area (Å²) < 4.78 is 0. The molecule has 1 aliphatic heterocycles. The van der Waals surface area contributed by atoms with Gasteiger partial charge in [0.25, 0.3) is 0 Å². The molecule has 0 aromatic carbocycles. The van der Waals surface area contributed by atoms with Crippen LogP contribution in [0.4, 0.5) is 0 Å². The lowest BCUT2D eigenvalue weighted by molar-refractivity contribution is -0.151. The lowest BCUT2D eigenvalue weighted by atomic mass is 9.74. The lowest BCUT2D eigenvalue weighted by Crippen LogP contribution is -2.50. The molecule has 1 saturated heterocycles. The smallest absolute Gasteiger partial charge is 0.323 e. The summed E-state index contributed by atoms with van der Waals surface area (Å²) >= 11 is 0. The van der Waals surface area contributed by atoms with E-state index in [0.29, 0.717) is 6.54 Å². The van der Waals surface area contributed by atoms with Crippen molar-refractivity contribution < 1.29 is 14.7 Å². The van der Waals surface area contributed by atoms with E-state index in [1.54, 1.807) is 0 Å². The lowest BCUT2D eigenvalue weighted by Gasteiger charge is -2.39. The summed E-state index contributed by atoms with van der Waals surface area (Å²) in [4.78, 5) is 24.9. The van der Waals surface area contributed by atoms with Crippen LogP contribution in [-0.2, 0) is 9.59 Å². The van der Waals surface area contributed by atoms with E-state index >= 15 is 0 Å². The van der Waals surface area contributed by atoms with Gasteiger partial charge in [-0.15, -0.1) is 0 Å². The number of amides is 1. The van der Waals surface area contributed by atoms with Gasteiger partial charge >= 0.3 is 5.97 Å². The Kier molecular flexibility index (Phi) is 5.59. The van der Waals surface area contributed by atoms with Crippen LogP contribution in [0, 0.1) is 5.41 Å². The summed E-state index contributed by atoms with van der Waals surface area (Å²) in [5.41, 5.74) is -0.342. The minimum absolute atomic E-state index is 0.0238. The molecule has 1 rings (SSSR count). The van der Waals surface area contributed by atoms with E-state index in [-0.39, 0.29) is 17.9 Å². The first-order valence-corrected chi connectivity index (χ1v) is 6.77. The Balaban J connectivity index is 2.82. The van der Waals surface area contributed by atoms with E-state index < -0.39 is 5.97 Å². The fraction of sp³-hybridized carbons (Fsp3) is 0.846. The maximum atomic E-state index is 12.6. The van der Waals surface area contributed by atoms with Gasteiger partial charge in [0.15, 0.2) is 0 Å². The summed E-state index contributed by atoms with van der Waals surface area (Å²) in [5, 5.41) is 12.1. The van der Waals surface area contributed by atoms with Crippen molar-refractivity contribution in [1.82, 2.24) is 10.2 Å². The van der Waals surface area contributed by atoms with Crippen molar-refractivity contribution in [1.29, 1.82) is 0 Å². The van der Waals surface area contributed by atoms with Crippen LogP contribution >= 0.6 is 0 Å². The predicted octanol–water partition coefficient (Wildman–Crippen LogP) is 1.09. The molecular formula is C13H24N2O3. The number of hydrogen-bond donors (Lipinski definition) is 2. The number of nitrogens with one attached hydrogen (secondary N) is 1. The molecule has 18 heavy (non-hydrogen) atoms. The third kappa shape index (κ3) is 3.45. The zero-order chi connectivity index (χ0) is 13.6. The first-order valence-electron chi connectivity index (χ1n) is 6.77. The van der Waals surface area contributed by atoms with Gasteiger partial charge in [-0.1, -0.05) is 13.3 Å². The normalized spacial score (nSPS) is 18.3. The summed E-state index contributed by atoms with van der Waals surface area (Å²) in [5.74, 6) is -0.915. The Morgan fingerprint density at radius 2 is 1.89 bits per heavy atom. The van der Waals surface area contributed by atoms with Crippen LogP contribution in [0.5, 0.6) is 0 Å². The largest absolute Gasteiger partial charge is 0.480 e. The monoisotopic (exact) mass is 256 g/mol. The number of carboxylic acid groups (broad SMARTS) is 1. The molecule has 1 aliphatic rings. The number of carbonyl (C=O) groups is 2. The number of hydrogen-bond acceptors (Lipinski definition) is 3. The molecule has 5 heteroatoms. The average molecular weight is 256 g/mol. The number of aliphatic carboxylic acids is 1. The van der Waals surface area contributed by atoms with Crippen molar-refractivity contribution in [2.75, 3.05) is 26.2 Å². The van der Waals surface area contributed by atoms with Crippen LogP contribution in [0.2, 0.25) is 0 Å². The van der Waals surface area contributed by atoms with Gasteiger partial charge in [-0.05, 0) is 39.3 Å². The van der Waals surface area contributed by atoms with Gasteiger partial charge in [0.2, 0.25) is 5.91 Å². The summed E-state index contributed by atoms with van der Waals surface area (Å²) in [7, 11) is 0. The summed E-state index contributed by atoms with van der Waals surface area (Å²) in [6.45, 7) is 5.87. The van der Waals surface area contributed by atoms with E-state index in [0.717, 1.165) is 38.8 Å². The number of rotatable bonds is 6. The predicted molar refractivity (Wildman–Crippen MR) is 69.3 cm³/mol. The number of carboxylic acids is 1. The minimum Gasteiger partial charge on any atom is -0.480 e. The van der Waals surface area contributed by atoms with Crippen molar-refractivity contribution in [3.8, 4) is 0 Å². The van der Waals surface area contributed by atoms with Gasteiger partial charge in [0.1, 0.15) is 6.54 Å². The Labute approximate surface area is 109 Å². The molecule has 0 aliphatic carbocycles. The zero-order valence-electron chi connectivity index (χ0n) is 11.4. The van der Waals surface area contributed by atoms with Crippen molar-refractivity contribution in [2.45, 2.75) is 39.5 Å². The van der Waals surface area contributed by atoms with Crippen LogP contribution in [0.3, 0.4) is 0 Å². The highest BCUT2D eigenvalue weighted by Gasteiger charge is 2.41. The van der Waals surface area contributed by atoms with Crippen molar-refractivity contribution >= 4 is 11.9 Å². The zero-order valence-corrected chi connectivity index (χ0v) is 11.4. The molecule has 0 spiro atoms. The van der Waals surface area contributed by atoms with Gasteiger partial charge in [-0.3, -0.25) is 9.59 Å². The Morgan fingerprint density at radius 3 is 2.33 bits per heavy atom. The molecular weight excluding hydrogens is 232 g/mol. The number of piperidine rings is 1. The van der Waals surface area contributed by atoms with E-state index in [1.807, 2.05) is 6.92 Å². The topological polar surface area (TPSA) is 69.6 Å². The maximum Gasteiger partial charge on any atom is 0.323 e. The van der Waals surface area contributed by atoms with Gasteiger partial charge in [0.05, 0.1) is 5.41 Å². The molecule has 0 saturated carbocycles. The SMILES string of the molecule is CCCC1(C(=O)N(CC)CC(=O)O)CCNCC1. The second kappa shape index (κ2) is 6.73. The maximum absolute atomic E-state index is 12.6. The van der Waals surface area contributed by atoms with Gasteiger partial charge < -0.3 is 15.3 Å². The molecule has 104 valence electrons. The first-order chi connectivity index (χ1) is 8.55. The van der Waals surface area contributed by atoms with E-state index in [4.69, 9.17) is 5.11 Å². The third-order valence-corrected chi connectivity index (χ3v) is 3.74. The van der Waals surface area contributed by atoms with Crippen LogP contribution < -0.4 is 5.32 Å². The highest BCUT2D eigenvalue weighted by Crippen LogP contribution is 2.36. The molecule has 0 radical (unpaired) electrons. The third-order valence-electron chi connectivity index (χ3n) is 3.74. The van der Waals surface area contributed by atoms with Gasteiger partial charge in [0, 0.05) is 6.54 Å². The molecule has 5 nitrogen and oxygen atoms in total. The molecule has 0 aromatic heterocycles. The van der Waals surface area contributed by atoms with Crippen LogP contribution in [0.1, 0.15) is 39.5 Å². The fourth-order valence-corrected chi connectivity index (χ4v) is 2.78. The molecule has 2 N–H and O–H groups in total. The Hall–Kier alpha value is -1.10. The molecule has 1 amide bonds. The molecule has 0 bridgehead atoms. The quantitative estimate of drug-likeness (QED) is 0.746. The van der Waals surface area contributed by atoms with Crippen LogP contribution in [-0.4, -0.2) is 48.1 Å². The highest BCUT2D eigenvalue weighted by molar-refractivity contribution is 5.86. The van der Waals surface area contributed by atoms with Crippen molar-refractivity contribution in [3.05, 3.63) is 0 Å². The number of nitrogens with zero attached hydrogens (tertiary/aromatic N) is 1. The second-order valence-corrected chi connectivity index (χ2v) is 4.99. The molecule has 1 fully saturated rings. The van der Waals surface area contributed by atoms with E-state index in [1.165, 1.54) is 4.90 Å². The van der Waals surface area contributed by atoms with E-state index in [2.05, 4.69) is 12.2 Å². The highest BCUT2D eigenvalue weighted by atomic mass is 16.4. The summed E-state index contributed by atoms with van der Waals surface area (Å²) in [6, 6.07) is 0. The Bertz CT molecular complexity index is 293. The summed E-state index contributed by atoms with van der Waals surface area (Å²) in [6.07, 6.45) is 3.44. The van der Waals surface area contributed by atoms with Gasteiger partial charge in [-0.25, -0.2) is 0 Å². The van der Waals surface area contributed by atoms with Crippen LogP contribution in [0.25, 0.3) is 0 Å². The molecule has 0 aromatic rings. The fourth-order valence-electron chi connectivity index (χ4n) is 2.78. The van der Waals surface area contributed by atoms with Crippen molar-refractivity contribution in [3.63, 3.8) is 0 Å². The molecule has 0 unspecified atom stereocenters.